The molecule has 1 radical (unpaired) electrons. The van der Waals surface area contributed by atoms with Gasteiger partial charge in [0.15, 0.2) is 0 Å². The number of hydrogen-bond acceptors (Lipinski definition) is 6. The summed E-state index contributed by atoms with van der Waals surface area (Å²) in [6, 6.07) is 0. The van der Waals surface area contributed by atoms with Crippen LogP contribution in [0.4, 0.5) is 0 Å². The van der Waals surface area contributed by atoms with Gasteiger partial charge >= 0.3 is 0 Å². The maximum absolute atomic E-state index is 9.23. The first kappa shape index (κ1) is 10.8. The number of ether oxygens (including phenoxy) is 1. The lowest BCUT2D eigenvalue weighted by atomic mass is 9.95. The molecule has 1 heterocycles. The van der Waals surface area contributed by atoms with Crippen molar-refractivity contribution >= 4 is 0 Å². The van der Waals surface area contributed by atoms with E-state index in [1.54, 1.807) is 0 Å². The molecule has 1 aliphatic rings. The first-order valence-corrected chi connectivity index (χ1v) is 3.90. The van der Waals surface area contributed by atoms with E-state index in [9.17, 15) is 15.3 Å². The summed E-state index contributed by atoms with van der Waals surface area (Å²) < 4.78 is 4.86. The fourth-order valence-corrected chi connectivity index (χ4v) is 1.25. The van der Waals surface area contributed by atoms with E-state index in [2.05, 4.69) is 0 Å². The van der Waals surface area contributed by atoms with Gasteiger partial charge in [-0.1, -0.05) is 0 Å². The topological polar surface area (TPSA) is 110 Å². The zero-order valence-corrected chi connectivity index (χ0v) is 6.82. The lowest BCUT2D eigenvalue weighted by Crippen LogP contribution is -2.58. The van der Waals surface area contributed by atoms with Crippen LogP contribution in [0.3, 0.4) is 0 Å². The SMILES string of the molecule is O[CH]C1O[C@H](CO)[C@@H](O)[C@H](O)[C@H]1O. The van der Waals surface area contributed by atoms with Gasteiger partial charge in [-0.2, -0.15) is 0 Å². The van der Waals surface area contributed by atoms with Crippen LogP contribution in [0.2, 0.25) is 0 Å². The van der Waals surface area contributed by atoms with Crippen LogP contribution < -0.4 is 0 Å². The third-order valence-corrected chi connectivity index (χ3v) is 2.08. The maximum Gasteiger partial charge on any atom is 0.115 e. The average Bonchev–Trinajstić information content (AvgIpc) is 2.15. The summed E-state index contributed by atoms with van der Waals surface area (Å²) in [5.41, 5.74) is 0. The molecule has 0 amide bonds. The van der Waals surface area contributed by atoms with E-state index in [-0.39, 0.29) is 0 Å². The fourth-order valence-electron chi connectivity index (χ4n) is 1.25. The van der Waals surface area contributed by atoms with Crippen molar-refractivity contribution in [2.45, 2.75) is 30.5 Å². The van der Waals surface area contributed by atoms with Crippen molar-refractivity contribution in [2.75, 3.05) is 6.61 Å². The molecule has 77 valence electrons. The van der Waals surface area contributed by atoms with Gasteiger partial charge in [-0.05, 0) is 0 Å². The minimum Gasteiger partial charge on any atom is -0.394 e. The summed E-state index contributed by atoms with van der Waals surface area (Å²) in [6.45, 7) is 0.0811. The van der Waals surface area contributed by atoms with Gasteiger partial charge in [-0.15, -0.1) is 0 Å². The van der Waals surface area contributed by atoms with E-state index in [4.69, 9.17) is 14.9 Å². The molecule has 0 aromatic rings. The van der Waals surface area contributed by atoms with Gasteiger partial charge in [0.25, 0.3) is 0 Å². The van der Waals surface area contributed by atoms with Crippen LogP contribution in [-0.4, -0.2) is 62.7 Å². The van der Waals surface area contributed by atoms with Gasteiger partial charge in [-0.25, -0.2) is 0 Å². The molecular weight excluding hydrogens is 180 g/mol. The summed E-state index contributed by atoms with van der Waals surface area (Å²) >= 11 is 0. The molecule has 0 bridgehead atoms. The van der Waals surface area contributed by atoms with Gasteiger partial charge in [0.2, 0.25) is 0 Å². The number of aliphatic hydroxyl groups is 5. The van der Waals surface area contributed by atoms with E-state index >= 15 is 0 Å². The van der Waals surface area contributed by atoms with E-state index in [1.807, 2.05) is 0 Å². The van der Waals surface area contributed by atoms with Crippen molar-refractivity contribution in [1.82, 2.24) is 0 Å². The van der Waals surface area contributed by atoms with Crippen LogP contribution in [0.25, 0.3) is 0 Å². The molecule has 0 spiro atoms. The van der Waals surface area contributed by atoms with E-state index in [1.165, 1.54) is 0 Å². The van der Waals surface area contributed by atoms with Crippen LogP contribution in [0, 0.1) is 6.61 Å². The Morgan fingerprint density at radius 1 is 1.08 bits per heavy atom. The molecule has 1 unspecified atom stereocenters. The highest BCUT2D eigenvalue weighted by Crippen LogP contribution is 2.21. The second-order valence-corrected chi connectivity index (χ2v) is 2.94. The monoisotopic (exact) mass is 193 g/mol. The van der Waals surface area contributed by atoms with Gasteiger partial charge in [-0.3, -0.25) is 0 Å². The Balaban J connectivity index is 2.66. The summed E-state index contributed by atoms with van der Waals surface area (Å²) in [5.74, 6) is 0. The Labute approximate surface area is 75.0 Å². The van der Waals surface area contributed by atoms with Crippen molar-refractivity contribution in [3.63, 3.8) is 0 Å². The molecule has 5 atom stereocenters. The third-order valence-electron chi connectivity index (χ3n) is 2.08. The number of hydrogen-bond donors (Lipinski definition) is 5. The molecule has 1 fully saturated rings. The standard InChI is InChI=1S/C7H13O6/c8-1-3-5(10)7(12)6(11)4(2-9)13-3/h1,3-12H,2H2/t3?,4-,5+,6-,7-/m1/s1. The highest BCUT2D eigenvalue weighted by atomic mass is 16.6. The van der Waals surface area contributed by atoms with Crippen LogP contribution in [0.15, 0.2) is 0 Å². The molecule has 0 aliphatic carbocycles. The summed E-state index contributed by atoms with van der Waals surface area (Å²) in [7, 11) is 0. The fraction of sp³-hybridized carbons (Fsp3) is 0.857. The molecule has 0 saturated carbocycles. The Bertz CT molecular complexity index is 143. The predicted molar refractivity (Wildman–Crippen MR) is 40.0 cm³/mol. The summed E-state index contributed by atoms with van der Waals surface area (Å²) in [6.07, 6.45) is -6.25. The second kappa shape index (κ2) is 4.32. The normalized spacial score (nSPS) is 46.4. The van der Waals surface area contributed by atoms with Crippen LogP contribution in [0.5, 0.6) is 0 Å². The number of aliphatic hydroxyl groups excluding tert-OH is 5. The van der Waals surface area contributed by atoms with Gasteiger partial charge in [0.1, 0.15) is 37.1 Å². The minimum absolute atomic E-state index is 0.491. The van der Waals surface area contributed by atoms with Crippen molar-refractivity contribution in [3.8, 4) is 0 Å². The lowest BCUT2D eigenvalue weighted by molar-refractivity contribution is -0.227. The molecule has 6 nitrogen and oxygen atoms in total. The Morgan fingerprint density at radius 2 is 1.69 bits per heavy atom. The Kier molecular flexibility index (Phi) is 3.60. The molecular formula is C7H13O6. The zero-order chi connectivity index (χ0) is 10.0. The lowest BCUT2D eigenvalue weighted by Gasteiger charge is -2.39. The Morgan fingerprint density at radius 3 is 2.15 bits per heavy atom. The van der Waals surface area contributed by atoms with Gasteiger partial charge in [0.05, 0.1) is 6.61 Å². The van der Waals surface area contributed by atoms with Gasteiger partial charge in [0, 0.05) is 0 Å². The average molecular weight is 193 g/mol. The minimum atomic E-state index is -1.43. The Hall–Kier alpha value is -0.240. The summed E-state index contributed by atoms with van der Waals surface area (Å²) in [5, 5.41) is 45.0. The molecule has 0 aromatic heterocycles. The molecule has 1 aliphatic heterocycles. The van der Waals surface area contributed by atoms with Crippen molar-refractivity contribution in [3.05, 3.63) is 6.61 Å². The molecule has 6 heteroatoms. The largest absolute Gasteiger partial charge is 0.394 e. The van der Waals surface area contributed by atoms with E-state index in [0.29, 0.717) is 6.61 Å². The first-order chi connectivity index (χ1) is 6.11. The maximum atomic E-state index is 9.23. The van der Waals surface area contributed by atoms with E-state index in [0.717, 1.165) is 0 Å². The zero-order valence-electron chi connectivity index (χ0n) is 6.82. The quantitative estimate of drug-likeness (QED) is 0.328. The molecule has 13 heavy (non-hydrogen) atoms. The van der Waals surface area contributed by atoms with Crippen LogP contribution in [0.1, 0.15) is 0 Å². The van der Waals surface area contributed by atoms with Crippen molar-refractivity contribution in [2.24, 2.45) is 0 Å². The molecule has 1 rings (SSSR count). The highest BCUT2D eigenvalue weighted by molar-refractivity contribution is 4.94. The predicted octanol–water partition coefficient (Wildman–Crippen LogP) is -2.64. The number of rotatable bonds is 2. The smallest absolute Gasteiger partial charge is 0.115 e. The molecule has 5 N–H and O–H groups in total. The molecule has 1 saturated heterocycles. The van der Waals surface area contributed by atoms with Crippen molar-refractivity contribution < 1.29 is 30.3 Å². The second-order valence-electron chi connectivity index (χ2n) is 2.94. The van der Waals surface area contributed by atoms with Crippen LogP contribution in [-0.2, 0) is 4.74 Å². The van der Waals surface area contributed by atoms with Crippen LogP contribution >= 0.6 is 0 Å². The summed E-state index contributed by atoms with van der Waals surface area (Å²) in [4.78, 5) is 0. The van der Waals surface area contributed by atoms with Crippen molar-refractivity contribution in [1.29, 1.82) is 0 Å². The first-order valence-electron chi connectivity index (χ1n) is 3.90. The highest BCUT2D eigenvalue weighted by Gasteiger charge is 2.43. The van der Waals surface area contributed by atoms with E-state index < -0.39 is 37.1 Å². The van der Waals surface area contributed by atoms with Gasteiger partial charge < -0.3 is 30.3 Å². The third kappa shape index (κ3) is 1.98. The molecule has 0 aromatic carbocycles.